The number of carboxylic acids is 1. The lowest BCUT2D eigenvalue weighted by molar-refractivity contribution is -0.137. The number of thiophene rings is 1. The number of carbonyl (C=O) groups is 1. The molecule has 0 amide bonds. The molecule has 0 bridgehead atoms. The number of aliphatic carboxylic acids is 1. The Hall–Kier alpha value is -3.35. The first-order valence-electron chi connectivity index (χ1n) is 12.9. The van der Waals surface area contributed by atoms with Gasteiger partial charge in [-0.05, 0) is 68.1 Å². The summed E-state index contributed by atoms with van der Waals surface area (Å²) in [6.45, 7) is 8.87. The minimum absolute atomic E-state index is 0.0573. The number of rotatable bonds is 8. The summed E-state index contributed by atoms with van der Waals surface area (Å²) in [4.78, 5) is 18.0. The molecule has 1 unspecified atom stereocenters. The number of sulfonamides is 1. The van der Waals surface area contributed by atoms with Crippen LogP contribution in [0.1, 0.15) is 59.1 Å². The molecule has 1 aromatic carbocycles. The molecule has 0 aliphatic carbocycles. The maximum absolute atomic E-state index is 13.6. The first kappa shape index (κ1) is 27.2. The Morgan fingerprint density at radius 2 is 2.05 bits per heavy atom. The molecule has 1 aliphatic rings. The normalized spacial score (nSPS) is 17.9. The second-order valence-corrected chi connectivity index (χ2v) is 12.9. The number of nitrogens with zero attached hydrogens (tertiary/aromatic N) is 5. The van der Waals surface area contributed by atoms with Crippen LogP contribution in [0.25, 0.3) is 11.0 Å². The number of aromatic nitrogens is 4. The summed E-state index contributed by atoms with van der Waals surface area (Å²) in [5, 5.41) is 18.4. The number of aryl methyl sites for hydroxylation is 3. The number of pyridine rings is 1. The van der Waals surface area contributed by atoms with Gasteiger partial charge in [0.05, 0.1) is 18.5 Å². The first-order chi connectivity index (χ1) is 18.6. The number of carboxylic acid groups (broad SMARTS) is 1. The third-order valence-corrected chi connectivity index (χ3v) is 10.3. The van der Waals surface area contributed by atoms with Crippen molar-refractivity contribution in [3.05, 3.63) is 63.0 Å². The lowest BCUT2D eigenvalue weighted by atomic mass is 9.89. The van der Waals surface area contributed by atoms with Gasteiger partial charge in [-0.3, -0.25) is 4.79 Å². The van der Waals surface area contributed by atoms with Crippen LogP contribution in [0.4, 0.5) is 0 Å². The fourth-order valence-electron chi connectivity index (χ4n) is 5.08. The molecule has 4 heterocycles. The van der Waals surface area contributed by atoms with Gasteiger partial charge in [0.25, 0.3) is 0 Å². The van der Waals surface area contributed by atoms with Gasteiger partial charge < -0.3 is 9.84 Å². The van der Waals surface area contributed by atoms with Crippen LogP contribution in [-0.2, 0) is 27.9 Å². The third-order valence-electron chi connectivity index (χ3n) is 7.26. The second kappa shape index (κ2) is 10.7. The maximum Gasteiger partial charge on any atom is 0.304 e. The van der Waals surface area contributed by atoms with Crippen LogP contribution in [-0.4, -0.2) is 56.4 Å². The molecule has 5 rings (SSSR count). The smallest absolute Gasteiger partial charge is 0.304 e. The lowest BCUT2D eigenvalue weighted by Crippen LogP contribution is -2.36. The van der Waals surface area contributed by atoms with Gasteiger partial charge in [-0.15, -0.1) is 16.4 Å². The van der Waals surface area contributed by atoms with Crippen molar-refractivity contribution in [3.8, 4) is 5.88 Å². The largest absolute Gasteiger partial charge is 0.481 e. The van der Waals surface area contributed by atoms with Crippen molar-refractivity contribution in [2.75, 3.05) is 6.54 Å². The van der Waals surface area contributed by atoms with Crippen molar-refractivity contribution >= 4 is 38.4 Å². The Morgan fingerprint density at radius 1 is 1.26 bits per heavy atom. The highest BCUT2D eigenvalue weighted by Crippen LogP contribution is 2.39. The molecule has 206 valence electrons. The average molecular weight is 570 g/mol. The molecule has 12 heteroatoms. The van der Waals surface area contributed by atoms with Gasteiger partial charge in [0.2, 0.25) is 15.9 Å². The van der Waals surface area contributed by atoms with E-state index in [0.717, 1.165) is 37.5 Å². The van der Waals surface area contributed by atoms with Crippen LogP contribution < -0.4 is 4.74 Å². The molecule has 1 aliphatic heterocycles. The van der Waals surface area contributed by atoms with E-state index in [1.54, 1.807) is 6.07 Å². The highest BCUT2D eigenvalue weighted by atomic mass is 32.2. The molecular formula is C27H31N5O5S2. The first-order valence-corrected chi connectivity index (χ1v) is 15.1. The SMILES string of the molecule is CC[C@@H]1CN(Cc2cc(C(CC(=O)O)c3ccc4c(nnn4CC)c3C)sc2C)S(=O)(=O)c2cccnc2O1. The fourth-order valence-corrected chi connectivity index (χ4v) is 7.76. The average Bonchev–Trinajstić information content (AvgIpc) is 3.47. The van der Waals surface area contributed by atoms with E-state index in [2.05, 4.69) is 15.3 Å². The second-order valence-electron chi connectivity index (χ2n) is 9.69. The van der Waals surface area contributed by atoms with Crippen molar-refractivity contribution in [1.82, 2.24) is 24.3 Å². The molecule has 10 nitrogen and oxygen atoms in total. The summed E-state index contributed by atoms with van der Waals surface area (Å²) in [6.07, 6.45) is 1.72. The molecule has 0 fully saturated rings. The topological polar surface area (TPSA) is 128 Å². The van der Waals surface area contributed by atoms with Gasteiger partial charge in [0.15, 0.2) is 0 Å². The van der Waals surface area contributed by atoms with Crippen molar-refractivity contribution in [2.45, 2.75) is 70.5 Å². The molecular weight excluding hydrogens is 538 g/mol. The monoisotopic (exact) mass is 569 g/mol. The van der Waals surface area contributed by atoms with Crippen molar-refractivity contribution in [3.63, 3.8) is 0 Å². The Balaban J connectivity index is 1.53. The molecule has 0 spiro atoms. The summed E-state index contributed by atoms with van der Waals surface area (Å²) in [5.41, 5.74) is 4.28. The van der Waals surface area contributed by atoms with Gasteiger partial charge in [-0.25, -0.2) is 18.1 Å². The van der Waals surface area contributed by atoms with Gasteiger partial charge in [-0.2, -0.15) is 4.31 Å². The molecule has 0 radical (unpaired) electrons. The van der Waals surface area contributed by atoms with E-state index < -0.39 is 21.9 Å². The van der Waals surface area contributed by atoms with Crippen LogP contribution in [0.2, 0.25) is 0 Å². The van der Waals surface area contributed by atoms with Gasteiger partial charge in [0, 0.05) is 35.0 Å². The standard InChI is InChI=1S/C27H31N5O5S2/c1-5-19-15-31(39(35,36)24-8-7-11-28-27(24)37-19)14-18-12-23(38-17(18)4)21(13-25(33)34)20-9-10-22-26(16(20)3)29-30-32(22)6-2/h7-12,19,21H,5-6,13-15H2,1-4H3,(H,33,34)/t19-,21?/m1/s1. The van der Waals surface area contributed by atoms with E-state index in [9.17, 15) is 18.3 Å². The molecule has 0 saturated heterocycles. The predicted molar refractivity (Wildman–Crippen MR) is 148 cm³/mol. The molecule has 2 atom stereocenters. The Bertz CT molecular complexity index is 1650. The van der Waals surface area contributed by atoms with Crippen LogP contribution >= 0.6 is 11.3 Å². The zero-order valence-electron chi connectivity index (χ0n) is 22.3. The summed E-state index contributed by atoms with van der Waals surface area (Å²) in [6, 6.07) is 8.96. The lowest BCUT2D eigenvalue weighted by Gasteiger charge is -2.22. The van der Waals surface area contributed by atoms with E-state index in [0.29, 0.717) is 13.0 Å². The zero-order chi connectivity index (χ0) is 27.9. The van der Waals surface area contributed by atoms with Gasteiger partial charge in [0.1, 0.15) is 16.5 Å². The molecule has 39 heavy (non-hydrogen) atoms. The van der Waals surface area contributed by atoms with Gasteiger partial charge >= 0.3 is 5.97 Å². The number of benzene rings is 1. The minimum Gasteiger partial charge on any atom is -0.481 e. The van der Waals surface area contributed by atoms with E-state index in [-0.39, 0.29) is 36.4 Å². The predicted octanol–water partition coefficient (Wildman–Crippen LogP) is 4.49. The van der Waals surface area contributed by atoms with E-state index in [1.807, 2.05) is 50.6 Å². The van der Waals surface area contributed by atoms with Crippen LogP contribution in [0.5, 0.6) is 5.88 Å². The molecule has 4 aromatic rings. The Morgan fingerprint density at radius 3 is 2.77 bits per heavy atom. The maximum atomic E-state index is 13.6. The number of hydrogen-bond acceptors (Lipinski definition) is 8. The van der Waals surface area contributed by atoms with Crippen molar-refractivity contribution in [1.29, 1.82) is 0 Å². The minimum atomic E-state index is -3.85. The van der Waals surface area contributed by atoms with Crippen LogP contribution in [0.15, 0.2) is 41.4 Å². The number of fused-ring (bicyclic) bond motifs is 2. The summed E-state index contributed by atoms with van der Waals surface area (Å²) < 4.78 is 36.4. The third kappa shape index (κ3) is 5.04. The Kier molecular flexibility index (Phi) is 7.45. The summed E-state index contributed by atoms with van der Waals surface area (Å²) in [7, 11) is -3.85. The highest BCUT2D eigenvalue weighted by Gasteiger charge is 2.35. The van der Waals surface area contributed by atoms with E-state index in [1.165, 1.54) is 27.9 Å². The fraction of sp³-hybridized carbons (Fsp3) is 0.407. The van der Waals surface area contributed by atoms with Gasteiger partial charge in [-0.1, -0.05) is 18.2 Å². The van der Waals surface area contributed by atoms with Crippen LogP contribution in [0, 0.1) is 13.8 Å². The quantitative estimate of drug-likeness (QED) is 0.329. The number of hydrogen-bond donors (Lipinski definition) is 1. The van der Waals surface area contributed by atoms with Crippen LogP contribution in [0.3, 0.4) is 0 Å². The van der Waals surface area contributed by atoms with Crippen molar-refractivity contribution in [2.24, 2.45) is 0 Å². The number of ether oxygens (including phenoxy) is 1. The molecule has 1 N–H and O–H groups in total. The highest BCUT2D eigenvalue weighted by molar-refractivity contribution is 7.89. The summed E-state index contributed by atoms with van der Waals surface area (Å²) in [5.74, 6) is -1.19. The molecule has 0 saturated carbocycles. The summed E-state index contributed by atoms with van der Waals surface area (Å²) >= 11 is 1.50. The zero-order valence-corrected chi connectivity index (χ0v) is 23.9. The Labute approximate surface area is 231 Å². The van der Waals surface area contributed by atoms with E-state index >= 15 is 0 Å². The molecule has 3 aromatic heterocycles. The van der Waals surface area contributed by atoms with Crippen molar-refractivity contribution < 1.29 is 23.1 Å². The van der Waals surface area contributed by atoms with E-state index in [4.69, 9.17) is 4.74 Å².